The molecule has 25 heavy (non-hydrogen) atoms. The lowest BCUT2D eigenvalue weighted by Crippen LogP contribution is -2.47. The molecule has 0 aliphatic rings. The number of carbonyl (C=O) groups excluding carboxylic acids is 1. The molecule has 6 N–H and O–H groups in total. The standard InChI is InChI=1S/C18H40N6O/c1-5-24(6-2)14-9-7-8-12-21-17(25)16(23-15(3)4)11-10-13-22-18(19)20/h15-16,23H,5-14H2,1-4H3,(H,21,25)(H4,19,20,22). The molecular formula is C18H40N6O. The minimum atomic E-state index is -0.190. The zero-order chi connectivity index (χ0) is 19.1. The van der Waals surface area contributed by atoms with Crippen molar-refractivity contribution in [2.24, 2.45) is 16.5 Å². The van der Waals surface area contributed by atoms with Crippen molar-refractivity contribution < 1.29 is 4.79 Å². The van der Waals surface area contributed by atoms with E-state index in [2.05, 4.69) is 34.4 Å². The third-order valence-corrected chi connectivity index (χ3v) is 4.14. The highest BCUT2D eigenvalue weighted by Gasteiger charge is 2.18. The first-order valence-corrected chi connectivity index (χ1v) is 9.72. The lowest BCUT2D eigenvalue weighted by atomic mass is 10.1. The third-order valence-electron chi connectivity index (χ3n) is 4.14. The summed E-state index contributed by atoms with van der Waals surface area (Å²) >= 11 is 0. The summed E-state index contributed by atoms with van der Waals surface area (Å²) < 4.78 is 0. The van der Waals surface area contributed by atoms with Gasteiger partial charge in [0, 0.05) is 19.1 Å². The molecular weight excluding hydrogens is 316 g/mol. The Labute approximate surface area is 154 Å². The van der Waals surface area contributed by atoms with Crippen molar-refractivity contribution in [2.45, 2.75) is 71.9 Å². The number of hydrogen-bond acceptors (Lipinski definition) is 4. The molecule has 0 rings (SSSR count). The second-order valence-electron chi connectivity index (χ2n) is 6.70. The van der Waals surface area contributed by atoms with Gasteiger partial charge in [-0.1, -0.05) is 34.1 Å². The predicted molar refractivity (Wildman–Crippen MR) is 107 cm³/mol. The van der Waals surface area contributed by atoms with Gasteiger partial charge in [0.05, 0.1) is 6.04 Å². The molecule has 7 nitrogen and oxygen atoms in total. The first-order chi connectivity index (χ1) is 11.9. The number of guanidine groups is 1. The molecule has 0 aliphatic heterocycles. The highest BCUT2D eigenvalue weighted by atomic mass is 16.2. The van der Waals surface area contributed by atoms with Crippen LogP contribution in [0.25, 0.3) is 0 Å². The molecule has 7 heteroatoms. The first kappa shape index (κ1) is 23.7. The Bertz CT molecular complexity index is 365. The van der Waals surface area contributed by atoms with Gasteiger partial charge < -0.3 is 27.0 Å². The van der Waals surface area contributed by atoms with Crippen molar-refractivity contribution in [2.75, 3.05) is 32.7 Å². The molecule has 1 unspecified atom stereocenters. The second-order valence-corrected chi connectivity index (χ2v) is 6.70. The highest BCUT2D eigenvalue weighted by Crippen LogP contribution is 2.02. The van der Waals surface area contributed by atoms with Crippen molar-refractivity contribution in [3.05, 3.63) is 0 Å². The smallest absolute Gasteiger partial charge is 0.237 e. The maximum atomic E-state index is 12.4. The Hall–Kier alpha value is -1.34. The van der Waals surface area contributed by atoms with Gasteiger partial charge in [-0.2, -0.15) is 0 Å². The molecule has 148 valence electrons. The molecule has 0 aliphatic carbocycles. The number of carbonyl (C=O) groups is 1. The van der Waals surface area contributed by atoms with Gasteiger partial charge in [0.1, 0.15) is 0 Å². The normalized spacial score (nSPS) is 12.4. The summed E-state index contributed by atoms with van der Waals surface area (Å²) in [6, 6.07) is 0.0674. The van der Waals surface area contributed by atoms with Crippen molar-refractivity contribution in [3.8, 4) is 0 Å². The molecule has 0 radical (unpaired) electrons. The third kappa shape index (κ3) is 13.6. The molecule has 0 heterocycles. The van der Waals surface area contributed by atoms with Gasteiger partial charge in [-0.15, -0.1) is 0 Å². The lowest BCUT2D eigenvalue weighted by Gasteiger charge is -2.21. The summed E-state index contributed by atoms with van der Waals surface area (Å²) in [5.41, 5.74) is 10.6. The Balaban J connectivity index is 4.02. The van der Waals surface area contributed by atoms with Crippen LogP contribution in [0.3, 0.4) is 0 Å². The Morgan fingerprint density at radius 1 is 1.08 bits per heavy atom. The number of hydrogen-bond donors (Lipinski definition) is 4. The number of aliphatic imine (C=N–C) groups is 1. The molecule has 1 atom stereocenters. The number of nitrogens with two attached hydrogens (primary N) is 2. The average Bonchev–Trinajstić information content (AvgIpc) is 2.56. The number of nitrogens with one attached hydrogen (secondary N) is 2. The fraction of sp³-hybridized carbons (Fsp3) is 0.889. The van der Waals surface area contributed by atoms with Crippen LogP contribution in [0.5, 0.6) is 0 Å². The SMILES string of the molecule is CCN(CC)CCCCCNC(=O)C(CCCN=C(N)N)NC(C)C. The van der Waals surface area contributed by atoms with E-state index >= 15 is 0 Å². The summed E-state index contributed by atoms with van der Waals surface area (Å²) in [6.07, 6.45) is 4.85. The van der Waals surface area contributed by atoms with Gasteiger partial charge in [0.15, 0.2) is 5.96 Å². The van der Waals surface area contributed by atoms with Gasteiger partial charge in [-0.05, 0) is 45.3 Å². The molecule has 0 aromatic heterocycles. The predicted octanol–water partition coefficient (Wildman–Crippen LogP) is 1.03. The zero-order valence-electron chi connectivity index (χ0n) is 16.7. The van der Waals surface area contributed by atoms with E-state index in [0.29, 0.717) is 6.54 Å². The quantitative estimate of drug-likeness (QED) is 0.199. The van der Waals surface area contributed by atoms with Gasteiger partial charge in [0.2, 0.25) is 5.91 Å². The van der Waals surface area contributed by atoms with Crippen molar-refractivity contribution in [1.29, 1.82) is 0 Å². The van der Waals surface area contributed by atoms with Crippen LogP contribution in [0.1, 0.15) is 59.8 Å². The lowest BCUT2D eigenvalue weighted by molar-refractivity contribution is -0.123. The topological polar surface area (TPSA) is 109 Å². The van der Waals surface area contributed by atoms with E-state index in [-0.39, 0.29) is 24.0 Å². The Morgan fingerprint density at radius 2 is 1.76 bits per heavy atom. The van der Waals surface area contributed by atoms with Crippen LogP contribution >= 0.6 is 0 Å². The van der Waals surface area contributed by atoms with Gasteiger partial charge in [0.25, 0.3) is 0 Å². The number of amides is 1. The van der Waals surface area contributed by atoms with Crippen LogP contribution in [0.4, 0.5) is 0 Å². The Morgan fingerprint density at radius 3 is 2.32 bits per heavy atom. The van der Waals surface area contributed by atoms with E-state index < -0.39 is 0 Å². The first-order valence-electron chi connectivity index (χ1n) is 9.72. The van der Waals surface area contributed by atoms with Crippen molar-refractivity contribution in [3.63, 3.8) is 0 Å². The highest BCUT2D eigenvalue weighted by molar-refractivity contribution is 5.81. The van der Waals surface area contributed by atoms with E-state index in [0.717, 1.165) is 51.9 Å². The van der Waals surface area contributed by atoms with E-state index in [1.807, 2.05) is 13.8 Å². The Kier molecular flexibility index (Phi) is 14.2. The van der Waals surface area contributed by atoms with Gasteiger partial charge in [-0.3, -0.25) is 9.79 Å². The molecule has 0 saturated heterocycles. The molecule has 0 spiro atoms. The number of unbranched alkanes of at least 4 members (excludes halogenated alkanes) is 2. The van der Waals surface area contributed by atoms with Crippen LogP contribution < -0.4 is 22.1 Å². The maximum absolute atomic E-state index is 12.4. The molecule has 0 aromatic rings. The summed E-state index contributed by atoms with van der Waals surface area (Å²) in [6.45, 7) is 13.1. The average molecular weight is 357 g/mol. The van der Waals surface area contributed by atoms with Gasteiger partial charge >= 0.3 is 0 Å². The molecule has 1 amide bonds. The molecule has 0 bridgehead atoms. The monoisotopic (exact) mass is 356 g/mol. The van der Waals surface area contributed by atoms with Gasteiger partial charge in [-0.25, -0.2) is 0 Å². The van der Waals surface area contributed by atoms with Crippen LogP contribution in [0.15, 0.2) is 4.99 Å². The van der Waals surface area contributed by atoms with E-state index in [9.17, 15) is 4.79 Å². The number of rotatable bonds is 15. The second kappa shape index (κ2) is 15.0. The summed E-state index contributed by atoms with van der Waals surface area (Å²) in [7, 11) is 0. The largest absolute Gasteiger partial charge is 0.370 e. The fourth-order valence-electron chi connectivity index (χ4n) is 2.71. The summed E-state index contributed by atoms with van der Waals surface area (Å²) in [4.78, 5) is 18.8. The van der Waals surface area contributed by atoms with Crippen molar-refractivity contribution >= 4 is 11.9 Å². The van der Waals surface area contributed by atoms with E-state index in [1.165, 1.54) is 6.42 Å². The summed E-state index contributed by atoms with van der Waals surface area (Å²) in [5.74, 6) is 0.171. The van der Waals surface area contributed by atoms with Crippen molar-refractivity contribution in [1.82, 2.24) is 15.5 Å². The van der Waals surface area contributed by atoms with E-state index in [1.54, 1.807) is 0 Å². The van der Waals surface area contributed by atoms with E-state index in [4.69, 9.17) is 11.5 Å². The zero-order valence-corrected chi connectivity index (χ0v) is 16.7. The minimum Gasteiger partial charge on any atom is -0.370 e. The van der Waals surface area contributed by atoms with Crippen LogP contribution in [0, 0.1) is 0 Å². The number of nitrogens with zero attached hydrogens (tertiary/aromatic N) is 2. The van der Waals surface area contributed by atoms with Crippen LogP contribution in [-0.2, 0) is 4.79 Å². The molecule has 0 fully saturated rings. The molecule has 0 saturated carbocycles. The maximum Gasteiger partial charge on any atom is 0.237 e. The molecule has 0 aromatic carbocycles. The van der Waals surface area contributed by atoms with Crippen LogP contribution in [0.2, 0.25) is 0 Å². The summed E-state index contributed by atoms with van der Waals surface area (Å²) in [5, 5.41) is 6.37. The minimum absolute atomic E-state index is 0.0714. The van der Waals surface area contributed by atoms with Crippen LogP contribution in [-0.4, -0.2) is 61.6 Å². The fourth-order valence-corrected chi connectivity index (χ4v) is 2.71.